The molecule has 5 nitrogen and oxygen atoms in total. The highest BCUT2D eigenvalue weighted by molar-refractivity contribution is 5.97. The summed E-state index contributed by atoms with van der Waals surface area (Å²) in [5, 5.41) is 4.16. The van der Waals surface area contributed by atoms with E-state index in [1.165, 1.54) is 6.33 Å². The molecule has 1 aromatic heterocycles. The van der Waals surface area contributed by atoms with Gasteiger partial charge in [0, 0.05) is 6.42 Å². The van der Waals surface area contributed by atoms with Crippen LogP contribution in [-0.4, -0.2) is 26.7 Å². The zero-order valence-electron chi connectivity index (χ0n) is 11.7. The third-order valence-electron chi connectivity index (χ3n) is 3.71. The van der Waals surface area contributed by atoms with Gasteiger partial charge in [0.05, 0.1) is 5.69 Å². The highest BCUT2D eigenvalue weighted by Gasteiger charge is 2.32. The van der Waals surface area contributed by atoms with E-state index < -0.39 is 6.10 Å². The Bertz CT molecular complexity index is 802. The molecule has 0 amide bonds. The van der Waals surface area contributed by atoms with Crippen molar-refractivity contribution in [3.05, 3.63) is 72.3 Å². The highest BCUT2D eigenvalue weighted by atomic mass is 16.5. The third-order valence-corrected chi connectivity index (χ3v) is 3.71. The summed E-state index contributed by atoms with van der Waals surface area (Å²) in [6.45, 7) is 0. The second kappa shape index (κ2) is 5.11. The predicted octanol–water partition coefficient (Wildman–Crippen LogP) is 2.45. The Kier molecular flexibility index (Phi) is 2.96. The van der Waals surface area contributed by atoms with E-state index >= 15 is 0 Å². The lowest BCUT2D eigenvalue weighted by Gasteiger charge is -2.10. The van der Waals surface area contributed by atoms with Crippen LogP contribution in [0.1, 0.15) is 16.2 Å². The van der Waals surface area contributed by atoms with Crippen LogP contribution in [0.2, 0.25) is 0 Å². The van der Waals surface area contributed by atoms with E-state index in [1.807, 2.05) is 54.6 Å². The molecule has 3 aromatic rings. The van der Waals surface area contributed by atoms with Gasteiger partial charge in [0.2, 0.25) is 11.6 Å². The molecule has 0 spiro atoms. The largest absolute Gasteiger partial charge is 0.481 e. The number of Topliss-reactive ketones (excluding diaryl/α,β-unsaturated/α-hetero) is 1. The lowest BCUT2D eigenvalue weighted by Crippen LogP contribution is -2.28. The van der Waals surface area contributed by atoms with Crippen molar-refractivity contribution in [2.75, 3.05) is 0 Å². The fraction of sp³-hybridized carbons (Fsp3) is 0.118. The van der Waals surface area contributed by atoms with Gasteiger partial charge in [0.1, 0.15) is 12.1 Å². The van der Waals surface area contributed by atoms with Crippen LogP contribution in [0.25, 0.3) is 5.69 Å². The molecule has 0 saturated carbocycles. The van der Waals surface area contributed by atoms with Gasteiger partial charge in [-0.1, -0.05) is 36.4 Å². The molecule has 0 radical (unpaired) electrons. The van der Waals surface area contributed by atoms with Gasteiger partial charge in [-0.15, -0.1) is 0 Å². The summed E-state index contributed by atoms with van der Waals surface area (Å²) in [5.41, 5.74) is 1.85. The summed E-state index contributed by atoms with van der Waals surface area (Å²) in [7, 11) is 0. The van der Waals surface area contributed by atoms with Crippen LogP contribution in [0, 0.1) is 0 Å². The number of benzene rings is 2. The number of carbonyl (C=O) groups is 1. The number of nitrogens with zero attached hydrogens (tertiary/aromatic N) is 3. The maximum Gasteiger partial charge on any atom is 0.240 e. The van der Waals surface area contributed by atoms with E-state index in [-0.39, 0.29) is 5.78 Å². The molecule has 5 heteroatoms. The third kappa shape index (κ3) is 2.07. The van der Waals surface area contributed by atoms with E-state index in [2.05, 4.69) is 10.1 Å². The summed E-state index contributed by atoms with van der Waals surface area (Å²) < 4.78 is 7.30. The number of para-hydroxylation sites is 2. The van der Waals surface area contributed by atoms with Crippen molar-refractivity contribution in [1.82, 2.24) is 14.8 Å². The van der Waals surface area contributed by atoms with Gasteiger partial charge >= 0.3 is 0 Å². The van der Waals surface area contributed by atoms with Crippen LogP contribution in [0.3, 0.4) is 0 Å². The molecule has 1 aliphatic rings. The molecule has 1 aliphatic heterocycles. The van der Waals surface area contributed by atoms with Gasteiger partial charge < -0.3 is 4.74 Å². The zero-order valence-corrected chi connectivity index (χ0v) is 11.7. The summed E-state index contributed by atoms with van der Waals surface area (Å²) in [6.07, 6.45) is 1.42. The number of hydrogen-bond donors (Lipinski definition) is 0. The van der Waals surface area contributed by atoms with Crippen LogP contribution in [0.5, 0.6) is 5.75 Å². The van der Waals surface area contributed by atoms with E-state index in [4.69, 9.17) is 4.74 Å². The van der Waals surface area contributed by atoms with Gasteiger partial charge in [-0.25, -0.2) is 9.67 Å². The molecule has 2 aromatic carbocycles. The van der Waals surface area contributed by atoms with Crippen LogP contribution in [-0.2, 0) is 6.42 Å². The van der Waals surface area contributed by atoms with Crippen molar-refractivity contribution in [1.29, 1.82) is 0 Å². The molecule has 0 saturated heterocycles. The lowest BCUT2D eigenvalue weighted by atomic mass is 10.1. The fourth-order valence-electron chi connectivity index (χ4n) is 2.64. The van der Waals surface area contributed by atoms with Crippen molar-refractivity contribution in [2.45, 2.75) is 12.5 Å². The molecule has 0 unspecified atom stereocenters. The van der Waals surface area contributed by atoms with Gasteiger partial charge in [-0.05, 0) is 23.8 Å². The minimum atomic E-state index is -0.538. The van der Waals surface area contributed by atoms with E-state index in [0.717, 1.165) is 17.0 Å². The van der Waals surface area contributed by atoms with Crippen LogP contribution in [0.4, 0.5) is 0 Å². The van der Waals surface area contributed by atoms with Crippen molar-refractivity contribution in [2.24, 2.45) is 0 Å². The average molecular weight is 291 g/mol. The van der Waals surface area contributed by atoms with Crippen molar-refractivity contribution >= 4 is 5.78 Å². The highest BCUT2D eigenvalue weighted by Crippen LogP contribution is 2.29. The minimum Gasteiger partial charge on any atom is -0.481 e. The second-order valence-corrected chi connectivity index (χ2v) is 5.11. The first kappa shape index (κ1) is 12.8. The topological polar surface area (TPSA) is 57.0 Å². The van der Waals surface area contributed by atoms with Gasteiger partial charge in [0.15, 0.2) is 6.10 Å². The van der Waals surface area contributed by atoms with Gasteiger partial charge in [0.25, 0.3) is 0 Å². The molecule has 4 rings (SSSR count). The van der Waals surface area contributed by atoms with Crippen LogP contribution in [0.15, 0.2) is 60.9 Å². The van der Waals surface area contributed by atoms with Crippen LogP contribution >= 0.6 is 0 Å². The van der Waals surface area contributed by atoms with Crippen molar-refractivity contribution < 1.29 is 9.53 Å². The second-order valence-electron chi connectivity index (χ2n) is 5.11. The van der Waals surface area contributed by atoms with E-state index in [1.54, 1.807) is 4.68 Å². The molecule has 1 atom stereocenters. The summed E-state index contributed by atoms with van der Waals surface area (Å²) in [5.74, 6) is 0.910. The smallest absolute Gasteiger partial charge is 0.240 e. The first-order valence-corrected chi connectivity index (χ1v) is 7.07. The molecule has 108 valence electrons. The Labute approximate surface area is 127 Å². The SMILES string of the molecule is O=C(c1ncnn1-c1ccccc1)[C@H]1Cc2ccccc2O1. The molecule has 22 heavy (non-hydrogen) atoms. The first-order chi connectivity index (χ1) is 10.8. The Morgan fingerprint density at radius 1 is 1.09 bits per heavy atom. The van der Waals surface area contributed by atoms with E-state index in [9.17, 15) is 4.79 Å². The molecular weight excluding hydrogens is 278 g/mol. The number of ketones is 1. The average Bonchev–Trinajstić information content (AvgIpc) is 3.21. The molecule has 0 bridgehead atoms. The Morgan fingerprint density at radius 3 is 2.68 bits per heavy atom. The first-order valence-electron chi connectivity index (χ1n) is 7.07. The molecule has 0 fully saturated rings. The van der Waals surface area contributed by atoms with Gasteiger partial charge in [-0.3, -0.25) is 4.79 Å². The monoisotopic (exact) mass is 291 g/mol. The summed E-state index contributed by atoms with van der Waals surface area (Å²) in [6, 6.07) is 17.2. The molecule has 2 heterocycles. The Morgan fingerprint density at radius 2 is 1.86 bits per heavy atom. The summed E-state index contributed by atoms with van der Waals surface area (Å²) >= 11 is 0. The van der Waals surface area contributed by atoms with Gasteiger partial charge in [-0.2, -0.15) is 5.10 Å². The number of ether oxygens (including phenoxy) is 1. The lowest BCUT2D eigenvalue weighted by molar-refractivity contribution is 0.0811. The maximum atomic E-state index is 12.7. The van der Waals surface area contributed by atoms with E-state index in [0.29, 0.717) is 12.2 Å². The maximum absolute atomic E-state index is 12.7. The standard InChI is InChI=1S/C17H13N3O2/c21-16(15-10-12-6-4-5-9-14(12)22-15)17-18-11-19-20(17)13-7-2-1-3-8-13/h1-9,11,15H,10H2/t15-/m1/s1. The number of hydrogen-bond acceptors (Lipinski definition) is 4. The zero-order chi connectivity index (χ0) is 14.9. The number of aromatic nitrogens is 3. The Hall–Kier alpha value is -2.95. The number of carbonyl (C=O) groups excluding carboxylic acids is 1. The summed E-state index contributed by atoms with van der Waals surface area (Å²) in [4.78, 5) is 16.8. The molecular formula is C17H13N3O2. The normalized spacial score (nSPS) is 16.1. The fourth-order valence-corrected chi connectivity index (χ4v) is 2.64. The number of fused-ring (bicyclic) bond motifs is 1. The van der Waals surface area contributed by atoms with Crippen molar-refractivity contribution in [3.63, 3.8) is 0 Å². The predicted molar refractivity (Wildman–Crippen MR) is 80.3 cm³/mol. The number of rotatable bonds is 3. The quantitative estimate of drug-likeness (QED) is 0.696. The minimum absolute atomic E-state index is 0.155. The van der Waals surface area contributed by atoms with Crippen LogP contribution < -0.4 is 4.74 Å². The Balaban J connectivity index is 1.65. The van der Waals surface area contributed by atoms with Crippen molar-refractivity contribution in [3.8, 4) is 11.4 Å². The molecule has 0 aliphatic carbocycles. The molecule has 0 N–H and O–H groups in total.